The molecule has 2 aromatic carbocycles. The van der Waals surface area contributed by atoms with E-state index >= 15 is 0 Å². The zero-order valence-corrected chi connectivity index (χ0v) is 20.2. The Morgan fingerprint density at radius 3 is 2.39 bits per heavy atom. The first-order chi connectivity index (χ1) is 15.8. The summed E-state index contributed by atoms with van der Waals surface area (Å²) in [6.45, 7) is 0. The van der Waals surface area contributed by atoms with Crippen LogP contribution in [0.15, 0.2) is 63.9 Å². The van der Waals surface area contributed by atoms with Crippen molar-refractivity contribution in [3.05, 3.63) is 59.6 Å². The molecule has 174 valence electrons. The fourth-order valence-corrected chi connectivity index (χ4v) is 6.55. The Hall–Kier alpha value is -2.36. The van der Waals surface area contributed by atoms with Crippen molar-refractivity contribution in [2.45, 2.75) is 54.7 Å². The number of hydrogen-bond donors (Lipinski definition) is 1. The lowest BCUT2D eigenvalue weighted by Crippen LogP contribution is -2.42. The number of para-hydroxylation sites is 1. The molecule has 4 rings (SSSR count). The molecule has 0 bridgehead atoms. The first kappa shape index (κ1) is 23.8. The molecule has 2 aliphatic rings. The first-order valence-corrected chi connectivity index (χ1v) is 13.5. The number of carbonyl (C=O) groups is 2. The van der Waals surface area contributed by atoms with Crippen LogP contribution in [0.5, 0.6) is 0 Å². The number of amides is 2. The van der Waals surface area contributed by atoms with E-state index in [1.165, 1.54) is 29.2 Å². The Labute approximate surface area is 202 Å². The molecule has 0 unspecified atom stereocenters. The number of thioether (sulfide) groups is 1. The molecule has 10 heteroatoms. The van der Waals surface area contributed by atoms with E-state index < -0.39 is 15.3 Å². The summed E-state index contributed by atoms with van der Waals surface area (Å²) >= 11 is 6.92. The smallest absolute Gasteiger partial charge is 0.284 e. The molecule has 0 aromatic heterocycles. The lowest BCUT2D eigenvalue weighted by atomic mass is 9.94. The van der Waals surface area contributed by atoms with Crippen LogP contribution < -0.4 is 5.32 Å². The fraction of sp³-hybridized carbons (Fsp3) is 0.348. The molecular weight excluding hydrogens is 482 g/mol. The van der Waals surface area contributed by atoms with Crippen LogP contribution in [0.1, 0.15) is 38.5 Å². The van der Waals surface area contributed by atoms with Gasteiger partial charge in [-0.3, -0.25) is 14.5 Å². The van der Waals surface area contributed by atoms with Crippen LogP contribution >= 0.6 is 23.4 Å². The number of halogens is 1. The van der Waals surface area contributed by atoms with E-state index in [0.29, 0.717) is 10.7 Å². The van der Waals surface area contributed by atoms with E-state index in [2.05, 4.69) is 9.71 Å². The summed E-state index contributed by atoms with van der Waals surface area (Å²) < 4.78 is 29.9. The minimum Gasteiger partial charge on any atom is -0.326 e. The Bertz CT molecular complexity index is 1150. The highest BCUT2D eigenvalue weighted by molar-refractivity contribution is 8.16. The van der Waals surface area contributed by atoms with Crippen LogP contribution in [0, 0.1) is 0 Å². The molecule has 0 spiro atoms. The van der Waals surface area contributed by atoms with Gasteiger partial charge >= 0.3 is 0 Å². The zero-order valence-electron chi connectivity index (χ0n) is 17.8. The second-order valence-electron chi connectivity index (χ2n) is 8.03. The Kier molecular flexibility index (Phi) is 7.41. The van der Waals surface area contributed by atoms with E-state index in [4.69, 9.17) is 11.6 Å². The Morgan fingerprint density at radius 2 is 1.73 bits per heavy atom. The van der Waals surface area contributed by atoms with Crippen LogP contribution in [-0.2, 0) is 19.6 Å². The van der Waals surface area contributed by atoms with Gasteiger partial charge in [0.15, 0.2) is 5.17 Å². The number of amidine groups is 1. The minimum atomic E-state index is -4.04. The van der Waals surface area contributed by atoms with Gasteiger partial charge in [-0.1, -0.05) is 60.8 Å². The molecule has 7 nitrogen and oxygen atoms in total. The quantitative estimate of drug-likeness (QED) is 0.614. The third kappa shape index (κ3) is 5.77. The maximum absolute atomic E-state index is 13.3. The van der Waals surface area contributed by atoms with Crippen molar-refractivity contribution in [1.29, 1.82) is 0 Å². The van der Waals surface area contributed by atoms with Crippen molar-refractivity contribution < 1.29 is 18.0 Å². The summed E-state index contributed by atoms with van der Waals surface area (Å²) in [5, 5.41) is 2.61. The maximum Gasteiger partial charge on any atom is 0.284 e. The highest BCUT2D eigenvalue weighted by atomic mass is 35.5. The van der Waals surface area contributed by atoms with Gasteiger partial charge in [0.2, 0.25) is 11.8 Å². The van der Waals surface area contributed by atoms with E-state index in [1.807, 2.05) is 18.2 Å². The van der Waals surface area contributed by atoms with E-state index in [9.17, 15) is 18.0 Å². The van der Waals surface area contributed by atoms with Gasteiger partial charge in [-0.25, -0.2) is 0 Å². The summed E-state index contributed by atoms with van der Waals surface area (Å²) in [5.74, 6) is -0.572. The van der Waals surface area contributed by atoms with Gasteiger partial charge in [0, 0.05) is 23.2 Å². The lowest BCUT2D eigenvalue weighted by molar-refractivity contribution is -0.130. The monoisotopic (exact) mass is 505 g/mol. The van der Waals surface area contributed by atoms with Crippen molar-refractivity contribution in [3.8, 4) is 0 Å². The van der Waals surface area contributed by atoms with Gasteiger partial charge < -0.3 is 5.32 Å². The largest absolute Gasteiger partial charge is 0.326 e. The maximum atomic E-state index is 13.3. The molecule has 1 saturated heterocycles. The number of rotatable bonds is 6. The zero-order chi connectivity index (χ0) is 23.4. The molecule has 2 aromatic rings. The van der Waals surface area contributed by atoms with Crippen molar-refractivity contribution in [3.63, 3.8) is 0 Å². The van der Waals surface area contributed by atoms with E-state index in [-0.39, 0.29) is 34.3 Å². The lowest BCUT2D eigenvalue weighted by Gasteiger charge is -2.30. The predicted molar refractivity (Wildman–Crippen MR) is 131 cm³/mol. The highest BCUT2D eigenvalue weighted by Crippen LogP contribution is 2.36. The number of benzene rings is 2. The molecule has 33 heavy (non-hydrogen) atoms. The van der Waals surface area contributed by atoms with Crippen LogP contribution in [0.25, 0.3) is 0 Å². The van der Waals surface area contributed by atoms with Crippen LogP contribution in [0.3, 0.4) is 0 Å². The van der Waals surface area contributed by atoms with Crippen molar-refractivity contribution in [1.82, 2.24) is 4.90 Å². The van der Waals surface area contributed by atoms with Crippen LogP contribution in [0.4, 0.5) is 5.69 Å². The number of anilines is 1. The highest BCUT2D eigenvalue weighted by Gasteiger charge is 2.43. The summed E-state index contributed by atoms with van der Waals surface area (Å²) in [5.41, 5.74) is 0.640. The molecule has 1 saturated carbocycles. The first-order valence-electron chi connectivity index (χ1n) is 10.8. The average molecular weight is 506 g/mol. The van der Waals surface area contributed by atoms with Gasteiger partial charge in [-0.05, 0) is 49.2 Å². The molecule has 2 amide bonds. The molecule has 1 heterocycles. The molecule has 1 N–H and O–H groups in total. The van der Waals surface area contributed by atoms with Gasteiger partial charge in [0.25, 0.3) is 10.0 Å². The summed E-state index contributed by atoms with van der Waals surface area (Å²) in [7, 11) is -4.04. The summed E-state index contributed by atoms with van der Waals surface area (Å²) in [6.07, 6.45) is 4.53. The van der Waals surface area contributed by atoms with Gasteiger partial charge in [-0.15, -0.1) is 4.40 Å². The number of sulfonamides is 1. The topological polar surface area (TPSA) is 95.9 Å². The van der Waals surface area contributed by atoms with E-state index in [0.717, 1.165) is 43.9 Å². The number of hydrogen-bond acceptors (Lipinski definition) is 5. The summed E-state index contributed by atoms with van der Waals surface area (Å²) in [6, 6.07) is 14.6. The molecule has 2 fully saturated rings. The second-order valence-corrected chi connectivity index (χ2v) is 11.2. The normalized spacial score (nSPS) is 20.9. The standard InChI is InChI=1S/C23H24ClN3O4S2/c24-16-11-13-19(14-12-16)33(30,31)26-23-27(18-9-5-2-6-10-18)22(29)20(32-23)15-21(28)25-17-7-3-1-4-8-17/h1,3-4,7-8,11-14,18,20H,2,5-6,9-10,15H2,(H,25,28)/t20-/m1/s1. The van der Waals surface area contributed by atoms with Crippen molar-refractivity contribution in [2.24, 2.45) is 4.40 Å². The van der Waals surface area contributed by atoms with Crippen molar-refractivity contribution >= 4 is 56.1 Å². The van der Waals surface area contributed by atoms with Crippen LogP contribution in [0.2, 0.25) is 5.02 Å². The third-order valence-corrected chi connectivity index (χ3v) is 8.44. The van der Waals surface area contributed by atoms with Crippen molar-refractivity contribution in [2.75, 3.05) is 5.32 Å². The Morgan fingerprint density at radius 1 is 1.06 bits per heavy atom. The minimum absolute atomic E-state index is 0.00122. The second kappa shape index (κ2) is 10.3. The van der Waals surface area contributed by atoms with E-state index in [1.54, 1.807) is 12.1 Å². The molecule has 1 atom stereocenters. The SMILES string of the molecule is O=C(C[C@H]1SC(=NS(=O)(=O)c2ccc(Cl)cc2)N(C2CCCCC2)C1=O)Nc1ccccc1. The molecular formula is C23H24ClN3O4S2. The average Bonchev–Trinajstić information content (AvgIpc) is 3.09. The number of nitrogens with zero attached hydrogens (tertiary/aromatic N) is 2. The van der Waals surface area contributed by atoms with Gasteiger partial charge in [0.05, 0.1) is 4.90 Å². The molecule has 1 aliphatic carbocycles. The third-order valence-electron chi connectivity index (χ3n) is 5.64. The fourth-order valence-electron chi connectivity index (χ4n) is 4.02. The number of nitrogens with one attached hydrogen (secondary N) is 1. The van der Waals surface area contributed by atoms with Gasteiger partial charge in [-0.2, -0.15) is 8.42 Å². The van der Waals surface area contributed by atoms with Crippen LogP contribution in [-0.4, -0.2) is 41.6 Å². The summed E-state index contributed by atoms with van der Waals surface area (Å²) in [4.78, 5) is 27.4. The number of carbonyl (C=O) groups excluding carboxylic acids is 2. The van der Waals surface area contributed by atoms with Gasteiger partial charge in [0.1, 0.15) is 5.25 Å². The molecule has 0 radical (unpaired) electrons. The Balaban J connectivity index is 1.58. The predicted octanol–water partition coefficient (Wildman–Crippen LogP) is 4.69. The molecule has 1 aliphatic heterocycles.